The molecule has 1 rings (SSSR count). The Balaban J connectivity index is 0.000000280. The first-order valence-corrected chi connectivity index (χ1v) is 4.32. The van der Waals surface area contributed by atoms with Crippen LogP contribution in [0.2, 0.25) is 0 Å². The van der Waals surface area contributed by atoms with Crippen LogP contribution in [0.5, 0.6) is 0 Å². The summed E-state index contributed by atoms with van der Waals surface area (Å²) in [5.74, 6) is 0. The maximum absolute atomic E-state index is 10.2. The Bertz CT molecular complexity index is 195. The van der Waals surface area contributed by atoms with Gasteiger partial charge in [0.25, 0.3) is 0 Å². The lowest BCUT2D eigenvalue weighted by molar-refractivity contribution is -0.0765. The first kappa shape index (κ1) is 13.5. The van der Waals surface area contributed by atoms with Crippen LogP contribution in [0, 0.1) is 0 Å². The number of hydrogen-bond acceptors (Lipinski definition) is 7. The molecule has 88 valence electrons. The molecular formula is C8H14O7. The molecule has 7 nitrogen and oxygen atoms in total. The molecule has 0 radical (unpaired) electrons. The van der Waals surface area contributed by atoms with Crippen LogP contribution in [0.25, 0.3) is 0 Å². The number of hydrogen-bond donors (Lipinski definition) is 1. The van der Waals surface area contributed by atoms with Gasteiger partial charge < -0.3 is 24.1 Å². The Kier molecular flexibility index (Phi) is 7.08. The third-order valence-corrected chi connectivity index (χ3v) is 1.27. The second-order valence-corrected chi connectivity index (χ2v) is 2.38. The van der Waals surface area contributed by atoms with Gasteiger partial charge in [-0.1, -0.05) is 6.92 Å². The Labute approximate surface area is 86.9 Å². The van der Waals surface area contributed by atoms with Crippen LogP contribution in [0.3, 0.4) is 0 Å². The highest BCUT2D eigenvalue weighted by Crippen LogP contribution is 1.93. The molecule has 0 amide bonds. The third-order valence-electron chi connectivity index (χ3n) is 1.27. The standard InChI is InChI=1S/C5H10O4.C3H4O3/c1-3-4(6)9-5(7)8-2;4-3-5-1-2-6-3/h4,6H,3H2,1-2H3;1-2H2. The molecule has 0 aromatic heterocycles. The summed E-state index contributed by atoms with van der Waals surface area (Å²) in [6.45, 7) is 2.52. The summed E-state index contributed by atoms with van der Waals surface area (Å²) in [6.07, 6.45) is -2.08. The van der Waals surface area contributed by atoms with Crippen molar-refractivity contribution < 1.29 is 33.6 Å². The van der Waals surface area contributed by atoms with Gasteiger partial charge in [-0.25, -0.2) is 9.59 Å². The zero-order valence-electron chi connectivity index (χ0n) is 8.60. The monoisotopic (exact) mass is 222 g/mol. The van der Waals surface area contributed by atoms with Crippen molar-refractivity contribution in [3.63, 3.8) is 0 Å². The van der Waals surface area contributed by atoms with Crippen molar-refractivity contribution in [2.45, 2.75) is 19.6 Å². The van der Waals surface area contributed by atoms with E-state index in [0.717, 1.165) is 0 Å². The van der Waals surface area contributed by atoms with E-state index >= 15 is 0 Å². The van der Waals surface area contributed by atoms with E-state index < -0.39 is 18.6 Å². The minimum absolute atomic E-state index is 0.370. The second kappa shape index (κ2) is 7.86. The van der Waals surface area contributed by atoms with Crippen LogP contribution in [0.15, 0.2) is 0 Å². The SMILES string of the molecule is CCC(O)OC(=O)OC.O=C1OCCO1. The molecule has 1 heterocycles. The fourth-order valence-electron chi connectivity index (χ4n) is 0.534. The minimum Gasteiger partial charge on any atom is -0.438 e. The van der Waals surface area contributed by atoms with Gasteiger partial charge in [-0.3, -0.25) is 0 Å². The molecule has 0 aromatic rings. The Morgan fingerprint density at radius 2 is 2.07 bits per heavy atom. The number of carbonyl (C=O) groups excluding carboxylic acids is 2. The summed E-state index contributed by atoms with van der Waals surface area (Å²) >= 11 is 0. The summed E-state index contributed by atoms with van der Waals surface area (Å²) in [5.41, 5.74) is 0. The van der Waals surface area contributed by atoms with Gasteiger partial charge >= 0.3 is 12.3 Å². The van der Waals surface area contributed by atoms with E-state index in [-0.39, 0.29) is 0 Å². The number of methoxy groups -OCH3 is 1. The predicted molar refractivity (Wildman–Crippen MR) is 47.1 cm³/mol. The predicted octanol–water partition coefficient (Wildman–Crippen LogP) is 0.651. The number of aliphatic hydroxyl groups is 1. The van der Waals surface area contributed by atoms with E-state index in [1.54, 1.807) is 6.92 Å². The molecule has 1 atom stereocenters. The van der Waals surface area contributed by atoms with Gasteiger partial charge in [-0.2, -0.15) is 0 Å². The molecule has 7 heteroatoms. The van der Waals surface area contributed by atoms with E-state index in [0.29, 0.717) is 19.6 Å². The van der Waals surface area contributed by atoms with E-state index in [2.05, 4.69) is 18.9 Å². The smallest absolute Gasteiger partial charge is 0.438 e. The molecule has 0 spiro atoms. The minimum atomic E-state index is -1.04. The first-order valence-electron chi connectivity index (χ1n) is 4.32. The summed E-state index contributed by atoms with van der Waals surface area (Å²) in [7, 11) is 1.19. The molecule has 0 saturated carbocycles. The molecule has 1 aliphatic heterocycles. The van der Waals surface area contributed by atoms with Gasteiger partial charge in [0.15, 0.2) is 0 Å². The molecule has 0 aliphatic carbocycles. The number of ether oxygens (including phenoxy) is 4. The summed E-state index contributed by atoms with van der Waals surface area (Å²) in [5, 5.41) is 8.64. The Morgan fingerprint density at radius 3 is 2.33 bits per heavy atom. The topological polar surface area (TPSA) is 91.3 Å². The highest BCUT2D eigenvalue weighted by Gasteiger charge is 2.09. The van der Waals surface area contributed by atoms with E-state index in [1.807, 2.05) is 0 Å². The largest absolute Gasteiger partial charge is 0.510 e. The maximum atomic E-state index is 10.2. The van der Waals surface area contributed by atoms with E-state index in [1.165, 1.54) is 7.11 Å². The van der Waals surface area contributed by atoms with Crippen molar-refractivity contribution in [2.75, 3.05) is 20.3 Å². The zero-order valence-corrected chi connectivity index (χ0v) is 8.60. The lowest BCUT2D eigenvalue weighted by Crippen LogP contribution is -2.15. The number of rotatable bonds is 2. The first-order chi connectivity index (χ1) is 7.10. The quantitative estimate of drug-likeness (QED) is 0.541. The lowest BCUT2D eigenvalue weighted by Gasteiger charge is -2.06. The van der Waals surface area contributed by atoms with Crippen LogP contribution in [-0.2, 0) is 18.9 Å². The van der Waals surface area contributed by atoms with Gasteiger partial charge in [-0.05, 0) is 0 Å². The van der Waals surface area contributed by atoms with Crippen molar-refractivity contribution in [3.05, 3.63) is 0 Å². The van der Waals surface area contributed by atoms with Gasteiger partial charge in [0.1, 0.15) is 13.2 Å². The molecular weight excluding hydrogens is 208 g/mol. The number of carbonyl (C=O) groups is 2. The van der Waals surface area contributed by atoms with E-state index in [4.69, 9.17) is 5.11 Å². The van der Waals surface area contributed by atoms with Crippen LogP contribution < -0.4 is 0 Å². The summed E-state index contributed by atoms with van der Waals surface area (Å²) < 4.78 is 16.9. The molecule has 1 N–H and O–H groups in total. The highest BCUT2D eigenvalue weighted by molar-refractivity contribution is 5.61. The van der Waals surface area contributed by atoms with Crippen molar-refractivity contribution in [1.82, 2.24) is 0 Å². The van der Waals surface area contributed by atoms with Crippen molar-refractivity contribution >= 4 is 12.3 Å². The average Bonchev–Trinajstić information content (AvgIpc) is 2.69. The van der Waals surface area contributed by atoms with E-state index in [9.17, 15) is 9.59 Å². The fraction of sp³-hybridized carbons (Fsp3) is 0.750. The van der Waals surface area contributed by atoms with Crippen LogP contribution in [0.1, 0.15) is 13.3 Å². The highest BCUT2D eigenvalue weighted by atomic mass is 16.8. The second-order valence-electron chi connectivity index (χ2n) is 2.38. The summed E-state index contributed by atoms with van der Waals surface area (Å²) in [6, 6.07) is 0. The number of cyclic esters (lactones) is 2. The molecule has 1 saturated heterocycles. The molecule has 0 bridgehead atoms. The summed E-state index contributed by atoms with van der Waals surface area (Å²) in [4.78, 5) is 20.0. The molecule has 1 aliphatic rings. The fourth-order valence-corrected chi connectivity index (χ4v) is 0.534. The Hall–Kier alpha value is -1.50. The molecule has 1 unspecified atom stereocenters. The van der Waals surface area contributed by atoms with Gasteiger partial charge in [0.2, 0.25) is 6.29 Å². The average molecular weight is 222 g/mol. The van der Waals surface area contributed by atoms with Crippen molar-refractivity contribution in [2.24, 2.45) is 0 Å². The Morgan fingerprint density at radius 1 is 1.53 bits per heavy atom. The molecule has 15 heavy (non-hydrogen) atoms. The van der Waals surface area contributed by atoms with Crippen LogP contribution in [-0.4, -0.2) is 44.0 Å². The molecule has 0 aromatic carbocycles. The normalized spacial score (nSPS) is 15.3. The van der Waals surface area contributed by atoms with Gasteiger partial charge in [0, 0.05) is 6.42 Å². The van der Waals surface area contributed by atoms with Crippen LogP contribution in [0.4, 0.5) is 9.59 Å². The lowest BCUT2D eigenvalue weighted by atomic mass is 10.5. The van der Waals surface area contributed by atoms with Crippen molar-refractivity contribution in [1.29, 1.82) is 0 Å². The zero-order chi connectivity index (χ0) is 11.7. The van der Waals surface area contributed by atoms with Crippen LogP contribution >= 0.6 is 0 Å². The maximum Gasteiger partial charge on any atom is 0.510 e. The molecule has 1 fully saturated rings. The van der Waals surface area contributed by atoms with Gasteiger partial charge in [0.05, 0.1) is 7.11 Å². The third kappa shape index (κ3) is 7.56. The number of aliphatic hydroxyl groups excluding tert-OH is 1. The van der Waals surface area contributed by atoms with Gasteiger partial charge in [-0.15, -0.1) is 0 Å². The van der Waals surface area contributed by atoms with Crippen molar-refractivity contribution in [3.8, 4) is 0 Å².